The zero-order chi connectivity index (χ0) is 15.5. The zero-order valence-corrected chi connectivity index (χ0v) is 13.9. The van der Waals surface area contributed by atoms with Crippen LogP contribution < -0.4 is 4.72 Å². The highest BCUT2D eigenvalue weighted by Crippen LogP contribution is 2.28. The van der Waals surface area contributed by atoms with Crippen molar-refractivity contribution in [3.63, 3.8) is 0 Å². The first-order valence-electron chi connectivity index (χ1n) is 7.58. The van der Waals surface area contributed by atoms with Crippen molar-refractivity contribution in [2.24, 2.45) is 5.92 Å². The molecule has 6 nitrogen and oxygen atoms in total. The van der Waals surface area contributed by atoms with E-state index in [4.69, 9.17) is 0 Å². The summed E-state index contributed by atoms with van der Waals surface area (Å²) in [6.45, 7) is 2.18. The van der Waals surface area contributed by atoms with Crippen LogP contribution in [-0.4, -0.2) is 50.0 Å². The van der Waals surface area contributed by atoms with Crippen molar-refractivity contribution in [2.45, 2.75) is 50.1 Å². The Labute approximate surface area is 127 Å². The number of hydrogen-bond acceptors (Lipinski definition) is 4. The van der Waals surface area contributed by atoms with Crippen LogP contribution in [0.4, 0.5) is 0 Å². The van der Waals surface area contributed by atoms with Gasteiger partial charge in [0.15, 0.2) is 5.03 Å². The highest BCUT2D eigenvalue weighted by molar-refractivity contribution is 7.89. The van der Waals surface area contributed by atoms with E-state index in [1.807, 2.05) is 14.1 Å². The van der Waals surface area contributed by atoms with Crippen LogP contribution in [0.2, 0.25) is 0 Å². The summed E-state index contributed by atoms with van der Waals surface area (Å²) in [4.78, 5) is 8.86. The molecule has 1 aliphatic carbocycles. The number of aromatic nitrogens is 2. The van der Waals surface area contributed by atoms with E-state index in [-0.39, 0.29) is 11.1 Å². The zero-order valence-electron chi connectivity index (χ0n) is 13.1. The average molecular weight is 314 g/mol. The molecule has 7 heteroatoms. The predicted molar refractivity (Wildman–Crippen MR) is 82.6 cm³/mol. The summed E-state index contributed by atoms with van der Waals surface area (Å²) in [5.74, 6) is 1.17. The molecule has 1 heterocycles. The van der Waals surface area contributed by atoms with Gasteiger partial charge in [-0.3, -0.25) is 0 Å². The minimum absolute atomic E-state index is 0.140. The smallest absolute Gasteiger partial charge is 0.257 e. The molecule has 1 aliphatic rings. The van der Waals surface area contributed by atoms with Gasteiger partial charge in [-0.2, -0.15) is 0 Å². The van der Waals surface area contributed by atoms with Crippen LogP contribution in [0.3, 0.4) is 0 Å². The normalized spacial score (nSPS) is 19.0. The number of hydrogen-bond donors (Lipinski definition) is 2. The lowest BCUT2D eigenvalue weighted by Crippen LogP contribution is -2.45. The average Bonchev–Trinajstić information content (AvgIpc) is 2.87. The fourth-order valence-corrected chi connectivity index (χ4v) is 4.12. The molecule has 0 radical (unpaired) electrons. The van der Waals surface area contributed by atoms with Gasteiger partial charge in [0.25, 0.3) is 10.0 Å². The minimum Gasteiger partial charge on any atom is -0.332 e. The van der Waals surface area contributed by atoms with E-state index >= 15 is 0 Å². The Balaban J connectivity index is 2.01. The molecule has 2 N–H and O–H groups in total. The molecule has 0 amide bonds. The molecule has 0 aliphatic heterocycles. The molecule has 1 fully saturated rings. The molecule has 1 aromatic rings. The summed E-state index contributed by atoms with van der Waals surface area (Å²) >= 11 is 0. The maximum Gasteiger partial charge on any atom is 0.257 e. The van der Waals surface area contributed by atoms with Crippen molar-refractivity contribution in [1.29, 1.82) is 0 Å². The van der Waals surface area contributed by atoms with E-state index in [0.717, 1.165) is 0 Å². The van der Waals surface area contributed by atoms with Gasteiger partial charge in [0.1, 0.15) is 5.82 Å². The highest BCUT2D eigenvalue weighted by Gasteiger charge is 2.27. The standard InChI is InChI=1S/C14H26N4O2S/c1-11-15-10-14(17-11)21(19,20)16-9-13(18(2)3)12-7-5-4-6-8-12/h10,12-13,16H,4-9H2,1-3H3,(H,15,17). The van der Waals surface area contributed by atoms with Gasteiger partial charge in [0.05, 0.1) is 6.20 Å². The Kier molecular flexibility index (Phi) is 5.40. The summed E-state index contributed by atoms with van der Waals surface area (Å²) in [6, 6.07) is 0.240. The number of sulfonamides is 1. The van der Waals surface area contributed by atoms with Crippen molar-refractivity contribution in [3.8, 4) is 0 Å². The fraction of sp³-hybridized carbons (Fsp3) is 0.786. The molecule has 1 aromatic heterocycles. The van der Waals surface area contributed by atoms with Gasteiger partial charge in [0, 0.05) is 12.6 Å². The Morgan fingerprint density at radius 1 is 1.38 bits per heavy atom. The molecule has 1 atom stereocenters. The van der Waals surface area contributed by atoms with Crippen LogP contribution in [-0.2, 0) is 10.0 Å². The molecular formula is C14H26N4O2S. The van der Waals surface area contributed by atoms with Crippen molar-refractivity contribution in [1.82, 2.24) is 19.6 Å². The minimum atomic E-state index is -3.50. The molecule has 0 bridgehead atoms. The van der Waals surface area contributed by atoms with Crippen molar-refractivity contribution in [3.05, 3.63) is 12.0 Å². The lowest BCUT2D eigenvalue weighted by molar-refractivity contribution is 0.172. The topological polar surface area (TPSA) is 78.1 Å². The fourth-order valence-electron chi connectivity index (χ4n) is 3.10. The Hall–Kier alpha value is -0.920. The van der Waals surface area contributed by atoms with Gasteiger partial charge in [-0.25, -0.2) is 18.1 Å². The molecule has 120 valence electrons. The molecule has 0 aromatic carbocycles. The number of imidazole rings is 1. The van der Waals surface area contributed by atoms with E-state index in [0.29, 0.717) is 18.3 Å². The van der Waals surface area contributed by atoms with E-state index in [1.165, 1.54) is 38.3 Å². The summed E-state index contributed by atoms with van der Waals surface area (Å²) in [5, 5.41) is 0.140. The Bertz CT molecular complexity index is 547. The second-order valence-electron chi connectivity index (χ2n) is 6.11. The molecule has 1 unspecified atom stereocenters. The maximum atomic E-state index is 12.3. The lowest BCUT2D eigenvalue weighted by atomic mass is 9.83. The third-order valence-corrected chi connectivity index (χ3v) is 5.64. The molecule has 0 saturated heterocycles. The number of nitrogens with one attached hydrogen (secondary N) is 2. The van der Waals surface area contributed by atoms with Crippen LogP contribution in [0, 0.1) is 12.8 Å². The predicted octanol–water partition coefficient (Wildman–Crippen LogP) is 1.51. The number of aryl methyl sites for hydroxylation is 1. The molecule has 0 spiro atoms. The molecule has 1 saturated carbocycles. The van der Waals surface area contributed by atoms with Gasteiger partial charge in [-0.1, -0.05) is 19.3 Å². The largest absolute Gasteiger partial charge is 0.332 e. The van der Waals surface area contributed by atoms with Gasteiger partial charge in [-0.15, -0.1) is 0 Å². The van der Waals surface area contributed by atoms with Gasteiger partial charge >= 0.3 is 0 Å². The van der Waals surface area contributed by atoms with Crippen LogP contribution in [0.1, 0.15) is 37.9 Å². The van der Waals surface area contributed by atoms with Crippen molar-refractivity contribution < 1.29 is 8.42 Å². The number of nitrogens with zero attached hydrogens (tertiary/aromatic N) is 2. The number of H-pyrrole nitrogens is 1. The number of likely N-dealkylation sites (N-methyl/N-ethyl adjacent to an activating group) is 1. The third kappa shape index (κ3) is 4.28. The van der Waals surface area contributed by atoms with E-state index in [9.17, 15) is 8.42 Å². The first-order chi connectivity index (χ1) is 9.90. The van der Waals surface area contributed by atoms with Crippen LogP contribution in [0.25, 0.3) is 0 Å². The summed E-state index contributed by atoms with van der Waals surface area (Å²) < 4.78 is 27.2. The van der Waals surface area contributed by atoms with E-state index in [2.05, 4.69) is 19.6 Å². The van der Waals surface area contributed by atoms with Gasteiger partial charge in [-0.05, 0) is 39.8 Å². The number of rotatable bonds is 6. The van der Waals surface area contributed by atoms with Gasteiger partial charge < -0.3 is 9.88 Å². The maximum absolute atomic E-state index is 12.3. The molecule has 21 heavy (non-hydrogen) atoms. The Morgan fingerprint density at radius 2 is 2.05 bits per heavy atom. The van der Waals surface area contributed by atoms with Crippen molar-refractivity contribution in [2.75, 3.05) is 20.6 Å². The number of aromatic amines is 1. The van der Waals surface area contributed by atoms with Crippen molar-refractivity contribution >= 4 is 10.0 Å². The van der Waals surface area contributed by atoms with Crippen LogP contribution in [0.15, 0.2) is 11.2 Å². The molecule has 2 rings (SSSR count). The second kappa shape index (κ2) is 6.89. The van der Waals surface area contributed by atoms with Crippen LogP contribution in [0.5, 0.6) is 0 Å². The van der Waals surface area contributed by atoms with Crippen LogP contribution >= 0.6 is 0 Å². The Morgan fingerprint density at radius 3 is 2.57 bits per heavy atom. The quantitative estimate of drug-likeness (QED) is 0.834. The first-order valence-corrected chi connectivity index (χ1v) is 9.06. The lowest BCUT2D eigenvalue weighted by Gasteiger charge is -2.34. The second-order valence-corrected chi connectivity index (χ2v) is 7.85. The summed E-state index contributed by atoms with van der Waals surface area (Å²) in [7, 11) is 0.542. The summed E-state index contributed by atoms with van der Waals surface area (Å²) in [5.41, 5.74) is 0. The van der Waals surface area contributed by atoms with E-state index in [1.54, 1.807) is 6.92 Å². The van der Waals surface area contributed by atoms with E-state index < -0.39 is 10.0 Å². The van der Waals surface area contributed by atoms with Gasteiger partial charge in [0.2, 0.25) is 0 Å². The highest BCUT2D eigenvalue weighted by atomic mass is 32.2. The molecular weight excluding hydrogens is 288 g/mol. The monoisotopic (exact) mass is 314 g/mol. The SMILES string of the molecule is Cc1ncc(S(=O)(=O)NCC(C2CCCCC2)N(C)C)[nH]1. The first kappa shape index (κ1) is 16.5. The third-order valence-electron chi connectivity index (χ3n) is 4.31. The summed E-state index contributed by atoms with van der Waals surface area (Å²) in [6.07, 6.45) is 7.54.